The maximum absolute atomic E-state index is 10.5. The molecule has 80 valence electrons. The lowest BCUT2D eigenvalue weighted by Gasteiger charge is -2.04. The summed E-state index contributed by atoms with van der Waals surface area (Å²) >= 11 is 6.04. The van der Waals surface area contributed by atoms with E-state index >= 15 is 0 Å². The Morgan fingerprint density at radius 2 is 1.93 bits per heavy atom. The summed E-state index contributed by atoms with van der Waals surface area (Å²) in [5, 5.41) is 0.794. The van der Waals surface area contributed by atoms with Gasteiger partial charge in [0.05, 0.1) is 0 Å². The van der Waals surface area contributed by atoms with E-state index < -0.39 is 0 Å². The smallest absolute Gasteiger partial charge is 0.221 e. The number of carbonyl (C=O) groups excluding carboxylic acids is 1. The highest BCUT2D eigenvalue weighted by molar-refractivity contribution is 6.32. The first-order valence-electron chi connectivity index (χ1n) is 4.72. The van der Waals surface area contributed by atoms with Crippen LogP contribution in [0, 0.1) is 13.8 Å². The van der Waals surface area contributed by atoms with Crippen LogP contribution in [0.3, 0.4) is 0 Å². The highest BCUT2D eigenvalue weighted by Gasteiger charge is 2.00. The fourth-order valence-corrected chi connectivity index (χ4v) is 1.50. The summed E-state index contributed by atoms with van der Waals surface area (Å²) in [5.41, 5.74) is 8.14. The monoisotopic (exact) mass is 223 g/mol. The summed E-state index contributed by atoms with van der Waals surface area (Å²) in [5.74, 6) is -0.325. The normalized spacial score (nSPS) is 10.9. The molecule has 2 N–H and O–H groups in total. The Hall–Kier alpha value is -1.28. The third-order valence-corrected chi connectivity index (χ3v) is 2.68. The van der Waals surface area contributed by atoms with Crippen LogP contribution in [0.2, 0.25) is 5.02 Å². The predicted octanol–water partition coefficient (Wildman–Crippen LogP) is 2.85. The number of halogens is 1. The third-order valence-electron chi connectivity index (χ3n) is 2.09. The van der Waals surface area contributed by atoms with Crippen molar-refractivity contribution in [1.82, 2.24) is 0 Å². The molecule has 0 aliphatic heterocycles. The quantitative estimate of drug-likeness (QED) is 0.842. The molecule has 1 amide bonds. The van der Waals surface area contributed by atoms with Gasteiger partial charge in [0.2, 0.25) is 5.91 Å². The van der Waals surface area contributed by atoms with Crippen molar-refractivity contribution < 1.29 is 4.79 Å². The number of hydrogen-bond acceptors (Lipinski definition) is 1. The van der Waals surface area contributed by atoms with Crippen LogP contribution >= 0.6 is 11.6 Å². The van der Waals surface area contributed by atoms with Gasteiger partial charge in [-0.3, -0.25) is 4.79 Å². The molecule has 0 atom stereocenters. The summed E-state index contributed by atoms with van der Waals surface area (Å²) in [6, 6.07) is 3.96. The van der Waals surface area contributed by atoms with Gasteiger partial charge in [0.15, 0.2) is 0 Å². The molecule has 1 aromatic carbocycles. The Morgan fingerprint density at radius 1 is 1.40 bits per heavy atom. The Labute approximate surface area is 94.7 Å². The van der Waals surface area contributed by atoms with Crippen LogP contribution in [0.5, 0.6) is 0 Å². The summed E-state index contributed by atoms with van der Waals surface area (Å²) in [4.78, 5) is 10.5. The molecule has 0 aliphatic rings. The molecule has 1 aromatic rings. The summed E-state index contributed by atoms with van der Waals surface area (Å²) in [7, 11) is 0. The molecule has 15 heavy (non-hydrogen) atoms. The van der Waals surface area contributed by atoms with Gasteiger partial charge in [-0.05, 0) is 30.5 Å². The van der Waals surface area contributed by atoms with Gasteiger partial charge in [0.1, 0.15) is 0 Å². The number of primary amides is 1. The number of aryl methyl sites for hydroxylation is 2. The highest BCUT2D eigenvalue weighted by Crippen LogP contribution is 2.22. The van der Waals surface area contributed by atoms with Crippen molar-refractivity contribution in [3.8, 4) is 0 Å². The fraction of sp³-hybridized carbons (Fsp3) is 0.250. The van der Waals surface area contributed by atoms with Crippen LogP contribution in [-0.2, 0) is 4.79 Å². The van der Waals surface area contributed by atoms with E-state index in [0.717, 1.165) is 21.7 Å². The second kappa shape index (κ2) is 4.99. The van der Waals surface area contributed by atoms with Gasteiger partial charge < -0.3 is 5.73 Å². The molecule has 2 nitrogen and oxygen atoms in total. The van der Waals surface area contributed by atoms with E-state index in [2.05, 4.69) is 0 Å². The van der Waals surface area contributed by atoms with Crippen molar-refractivity contribution in [2.45, 2.75) is 20.3 Å². The molecule has 0 spiro atoms. The SMILES string of the molecule is Cc1cc(C=CCC(N)=O)cc(C)c1Cl. The van der Waals surface area contributed by atoms with Gasteiger partial charge in [0, 0.05) is 11.4 Å². The average molecular weight is 224 g/mol. The molecule has 0 heterocycles. The maximum Gasteiger partial charge on any atom is 0.221 e. The van der Waals surface area contributed by atoms with E-state index in [1.807, 2.05) is 32.1 Å². The summed E-state index contributed by atoms with van der Waals surface area (Å²) in [6.07, 6.45) is 3.90. The zero-order chi connectivity index (χ0) is 11.4. The van der Waals surface area contributed by atoms with Crippen molar-refractivity contribution >= 4 is 23.6 Å². The number of carbonyl (C=O) groups is 1. The van der Waals surface area contributed by atoms with E-state index in [4.69, 9.17) is 17.3 Å². The van der Waals surface area contributed by atoms with Crippen molar-refractivity contribution in [1.29, 1.82) is 0 Å². The Kier molecular flexibility index (Phi) is 3.92. The zero-order valence-electron chi connectivity index (χ0n) is 8.88. The highest BCUT2D eigenvalue weighted by atomic mass is 35.5. The topological polar surface area (TPSA) is 43.1 Å². The number of benzene rings is 1. The second-order valence-corrected chi connectivity index (χ2v) is 3.92. The third kappa shape index (κ3) is 3.40. The lowest BCUT2D eigenvalue weighted by Crippen LogP contribution is -2.07. The first kappa shape index (κ1) is 11.8. The molecule has 0 aliphatic carbocycles. The molecular formula is C12H14ClNO. The lowest BCUT2D eigenvalue weighted by molar-refractivity contribution is -0.117. The van der Waals surface area contributed by atoms with E-state index in [1.54, 1.807) is 6.08 Å². The first-order chi connectivity index (χ1) is 7.00. The zero-order valence-corrected chi connectivity index (χ0v) is 9.64. The van der Waals surface area contributed by atoms with Crippen molar-refractivity contribution in [2.75, 3.05) is 0 Å². The molecular weight excluding hydrogens is 210 g/mol. The van der Waals surface area contributed by atoms with Gasteiger partial charge in [-0.1, -0.05) is 35.9 Å². The van der Waals surface area contributed by atoms with Crippen LogP contribution in [0.25, 0.3) is 6.08 Å². The molecule has 0 bridgehead atoms. The molecule has 3 heteroatoms. The maximum atomic E-state index is 10.5. The van der Waals surface area contributed by atoms with Gasteiger partial charge in [-0.2, -0.15) is 0 Å². The summed E-state index contributed by atoms with van der Waals surface area (Å²) < 4.78 is 0. The Morgan fingerprint density at radius 3 is 2.40 bits per heavy atom. The van der Waals surface area contributed by atoms with Crippen LogP contribution < -0.4 is 5.73 Å². The lowest BCUT2D eigenvalue weighted by atomic mass is 10.1. The molecule has 0 fully saturated rings. The number of hydrogen-bond donors (Lipinski definition) is 1. The van der Waals surface area contributed by atoms with Crippen molar-refractivity contribution in [3.63, 3.8) is 0 Å². The van der Waals surface area contributed by atoms with Gasteiger partial charge in [-0.15, -0.1) is 0 Å². The molecule has 0 aromatic heterocycles. The van der Waals surface area contributed by atoms with Crippen molar-refractivity contribution in [2.24, 2.45) is 5.73 Å². The van der Waals surface area contributed by atoms with E-state index in [0.29, 0.717) is 0 Å². The van der Waals surface area contributed by atoms with Gasteiger partial charge in [0.25, 0.3) is 0 Å². The van der Waals surface area contributed by atoms with Crippen LogP contribution in [0.4, 0.5) is 0 Å². The standard InChI is InChI=1S/C12H14ClNO/c1-8-6-10(4-3-5-11(14)15)7-9(2)12(8)13/h3-4,6-7H,5H2,1-2H3,(H2,14,15). The minimum atomic E-state index is -0.325. The van der Waals surface area contributed by atoms with E-state index in [-0.39, 0.29) is 12.3 Å². The summed E-state index contributed by atoms with van der Waals surface area (Å²) in [6.45, 7) is 3.92. The molecule has 0 unspecified atom stereocenters. The van der Waals surface area contributed by atoms with Crippen LogP contribution in [0.15, 0.2) is 18.2 Å². The molecule has 0 saturated carbocycles. The number of rotatable bonds is 3. The van der Waals surface area contributed by atoms with Crippen molar-refractivity contribution in [3.05, 3.63) is 39.9 Å². The Bertz CT molecular complexity index is 387. The Balaban J connectivity index is 2.87. The molecule has 1 rings (SSSR count). The van der Waals surface area contributed by atoms with Gasteiger partial charge >= 0.3 is 0 Å². The van der Waals surface area contributed by atoms with E-state index in [1.165, 1.54) is 0 Å². The minimum Gasteiger partial charge on any atom is -0.369 e. The first-order valence-corrected chi connectivity index (χ1v) is 5.10. The minimum absolute atomic E-state index is 0.265. The second-order valence-electron chi connectivity index (χ2n) is 3.54. The van der Waals surface area contributed by atoms with Crippen LogP contribution in [0.1, 0.15) is 23.1 Å². The fourth-order valence-electron chi connectivity index (χ4n) is 1.39. The largest absolute Gasteiger partial charge is 0.369 e. The number of nitrogens with two attached hydrogens (primary N) is 1. The predicted molar refractivity (Wildman–Crippen MR) is 63.8 cm³/mol. The van der Waals surface area contributed by atoms with Crippen LogP contribution in [-0.4, -0.2) is 5.91 Å². The molecule has 0 saturated heterocycles. The average Bonchev–Trinajstić information content (AvgIpc) is 2.13. The molecule has 0 radical (unpaired) electrons. The van der Waals surface area contributed by atoms with Gasteiger partial charge in [-0.25, -0.2) is 0 Å². The number of amides is 1. The van der Waals surface area contributed by atoms with E-state index in [9.17, 15) is 4.79 Å².